The van der Waals surface area contributed by atoms with Crippen LogP contribution in [0.3, 0.4) is 0 Å². The van der Waals surface area contributed by atoms with E-state index in [1.807, 2.05) is 54.6 Å². The van der Waals surface area contributed by atoms with Crippen LogP contribution >= 0.6 is 0 Å². The highest BCUT2D eigenvalue weighted by Gasteiger charge is 2.06. The summed E-state index contributed by atoms with van der Waals surface area (Å²) < 4.78 is 10.8. The van der Waals surface area contributed by atoms with Gasteiger partial charge in [0.25, 0.3) is 0 Å². The summed E-state index contributed by atoms with van der Waals surface area (Å²) in [6.45, 7) is 2.25. The summed E-state index contributed by atoms with van der Waals surface area (Å²) >= 11 is 0. The van der Waals surface area contributed by atoms with Gasteiger partial charge >= 0.3 is 0 Å². The highest BCUT2D eigenvalue weighted by molar-refractivity contribution is 5.57. The van der Waals surface area contributed by atoms with Crippen molar-refractivity contribution in [1.29, 1.82) is 0 Å². The molecule has 3 rings (SSSR count). The molecule has 0 atom stereocenters. The van der Waals surface area contributed by atoms with Crippen molar-refractivity contribution in [3.63, 3.8) is 0 Å². The fourth-order valence-corrected chi connectivity index (χ4v) is 1.90. The first-order valence-corrected chi connectivity index (χ1v) is 6.66. The molecule has 5 heteroatoms. The number of hydrogen-bond acceptors (Lipinski definition) is 5. The molecule has 21 heavy (non-hydrogen) atoms. The van der Waals surface area contributed by atoms with Crippen LogP contribution in [0, 0.1) is 6.92 Å². The summed E-state index contributed by atoms with van der Waals surface area (Å²) in [5.41, 5.74) is 0.879. The monoisotopic (exact) mass is 281 g/mol. The normalized spacial score (nSPS) is 10.3. The molecule has 3 aromatic rings. The highest BCUT2D eigenvalue weighted by Crippen LogP contribution is 2.29. The number of para-hydroxylation sites is 3. The second-order valence-electron chi connectivity index (χ2n) is 4.49. The number of nitrogens with zero attached hydrogens (tertiary/aromatic N) is 2. The molecule has 0 aliphatic rings. The second-order valence-corrected chi connectivity index (χ2v) is 4.49. The molecule has 0 saturated carbocycles. The molecule has 0 aliphatic heterocycles. The summed E-state index contributed by atoms with van der Waals surface area (Å²) in [7, 11) is 0. The van der Waals surface area contributed by atoms with E-state index in [1.54, 1.807) is 6.92 Å². The van der Waals surface area contributed by atoms with Gasteiger partial charge in [0.1, 0.15) is 5.75 Å². The van der Waals surface area contributed by atoms with Crippen molar-refractivity contribution in [2.24, 2.45) is 0 Å². The van der Waals surface area contributed by atoms with E-state index in [-0.39, 0.29) is 0 Å². The smallest absolute Gasteiger partial charge is 0.223 e. The fourth-order valence-electron chi connectivity index (χ4n) is 1.90. The van der Waals surface area contributed by atoms with Crippen molar-refractivity contribution < 1.29 is 9.26 Å². The van der Waals surface area contributed by atoms with Gasteiger partial charge in [-0.25, -0.2) is 0 Å². The highest BCUT2D eigenvalue weighted by atomic mass is 16.5. The molecule has 0 unspecified atom stereocenters. The third-order valence-electron chi connectivity index (χ3n) is 2.86. The molecule has 0 fully saturated rings. The number of ether oxygens (including phenoxy) is 1. The van der Waals surface area contributed by atoms with Crippen LogP contribution in [0.25, 0.3) is 0 Å². The Kier molecular flexibility index (Phi) is 3.82. The Morgan fingerprint density at radius 1 is 1.05 bits per heavy atom. The minimum atomic E-state index is 0.479. The van der Waals surface area contributed by atoms with Gasteiger partial charge in [-0.15, -0.1) is 0 Å². The number of aryl methyl sites for hydroxylation is 1. The van der Waals surface area contributed by atoms with Gasteiger partial charge in [-0.1, -0.05) is 35.5 Å². The lowest BCUT2D eigenvalue weighted by molar-refractivity contribution is 0.388. The molecule has 1 heterocycles. The van der Waals surface area contributed by atoms with Crippen molar-refractivity contribution in [2.75, 3.05) is 5.32 Å². The van der Waals surface area contributed by atoms with Gasteiger partial charge in [-0.3, -0.25) is 0 Å². The van der Waals surface area contributed by atoms with Crippen LogP contribution in [0.15, 0.2) is 59.1 Å². The molecular formula is C16H15N3O2. The summed E-state index contributed by atoms with van der Waals surface area (Å²) in [5.74, 6) is 2.72. The van der Waals surface area contributed by atoms with Crippen LogP contribution in [-0.2, 0) is 6.54 Å². The standard InChI is InChI=1S/C16H15N3O2/c1-12-18-16(19-21-12)11-17-14-9-5-6-10-15(14)20-13-7-3-2-4-8-13/h2-10,17H,11H2,1H3. The SMILES string of the molecule is Cc1nc(CNc2ccccc2Oc2ccccc2)no1. The van der Waals surface area contributed by atoms with Gasteiger partial charge in [0, 0.05) is 6.92 Å². The van der Waals surface area contributed by atoms with Crippen molar-refractivity contribution in [3.05, 3.63) is 66.3 Å². The largest absolute Gasteiger partial charge is 0.455 e. The maximum Gasteiger partial charge on any atom is 0.223 e. The lowest BCUT2D eigenvalue weighted by Gasteiger charge is -2.11. The van der Waals surface area contributed by atoms with Crippen LogP contribution in [0.1, 0.15) is 11.7 Å². The van der Waals surface area contributed by atoms with Gasteiger partial charge in [0.05, 0.1) is 12.2 Å². The Morgan fingerprint density at radius 2 is 1.81 bits per heavy atom. The lowest BCUT2D eigenvalue weighted by atomic mass is 10.3. The lowest BCUT2D eigenvalue weighted by Crippen LogP contribution is -2.02. The van der Waals surface area contributed by atoms with E-state index in [0.29, 0.717) is 18.3 Å². The van der Waals surface area contributed by atoms with E-state index >= 15 is 0 Å². The van der Waals surface area contributed by atoms with Gasteiger partial charge in [0.2, 0.25) is 5.89 Å². The Morgan fingerprint density at radius 3 is 2.57 bits per heavy atom. The molecule has 0 amide bonds. The molecule has 106 valence electrons. The zero-order valence-electron chi connectivity index (χ0n) is 11.6. The average molecular weight is 281 g/mol. The van der Waals surface area contributed by atoms with E-state index in [9.17, 15) is 0 Å². The predicted molar refractivity (Wildman–Crippen MR) is 79.3 cm³/mol. The number of nitrogens with one attached hydrogen (secondary N) is 1. The minimum Gasteiger partial charge on any atom is -0.455 e. The van der Waals surface area contributed by atoms with Gasteiger partial charge in [0.15, 0.2) is 11.6 Å². The molecule has 1 aromatic heterocycles. The minimum absolute atomic E-state index is 0.479. The molecule has 5 nitrogen and oxygen atoms in total. The first kappa shape index (κ1) is 13.2. The summed E-state index contributed by atoms with van der Waals surface area (Å²) in [6, 6.07) is 17.4. The van der Waals surface area contributed by atoms with E-state index in [2.05, 4.69) is 15.5 Å². The fraction of sp³-hybridized carbons (Fsp3) is 0.125. The van der Waals surface area contributed by atoms with E-state index in [0.717, 1.165) is 17.2 Å². The summed E-state index contributed by atoms with van der Waals surface area (Å²) in [4.78, 5) is 4.16. The van der Waals surface area contributed by atoms with Crippen LogP contribution < -0.4 is 10.1 Å². The van der Waals surface area contributed by atoms with Gasteiger partial charge in [-0.2, -0.15) is 4.98 Å². The predicted octanol–water partition coefficient (Wildman–Crippen LogP) is 3.78. The maximum atomic E-state index is 5.88. The third kappa shape index (κ3) is 3.39. The summed E-state index contributed by atoms with van der Waals surface area (Å²) in [5, 5.41) is 7.11. The number of anilines is 1. The molecule has 2 aromatic carbocycles. The number of aromatic nitrogens is 2. The molecule has 1 N–H and O–H groups in total. The molecule has 0 radical (unpaired) electrons. The zero-order valence-corrected chi connectivity index (χ0v) is 11.6. The molecule has 0 aliphatic carbocycles. The van der Waals surface area contributed by atoms with Crippen molar-refractivity contribution in [3.8, 4) is 11.5 Å². The van der Waals surface area contributed by atoms with Crippen molar-refractivity contribution in [2.45, 2.75) is 13.5 Å². The van der Waals surface area contributed by atoms with Crippen LogP contribution in [-0.4, -0.2) is 10.1 Å². The van der Waals surface area contributed by atoms with E-state index < -0.39 is 0 Å². The Bertz CT molecular complexity index is 710. The average Bonchev–Trinajstić information content (AvgIpc) is 2.93. The van der Waals surface area contributed by atoms with Gasteiger partial charge in [-0.05, 0) is 24.3 Å². The summed E-state index contributed by atoms with van der Waals surface area (Å²) in [6.07, 6.45) is 0. The molecule has 0 saturated heterocycles. The second kappa shape index (κ2) is 6.09. The Balaban J connectivity index is 1.73. The molecule has 0 spiro atoms. The molecule has 0 bridgehead atoms. The zero-order chi connectivity index (χ0) is 14.5. The van der Waals surface area contributed by atoms with Gasteiger partial charge < -0.3 is 14.6 Å². The first-order chi connectivity index (χ1) is 10.3. The Labute approximate surface area is 122 Å². The van der Waals surface area contributed by atoms with E-state index in [4.69, 9.17) is 9.26 Å². The van der Waals surface area contributed by atoms with Crippen LogP contribution in [0.4, 0.5) is 5.69 Å². The van der Waals surface area contributed by atoms with Crippen LogP contribution in [0.5, 0.6) is 11.5 Å². The third-order valence-corrected chi connectivity index (χ3v) is 2.86. The van der Waals surface area contributed by atoms with Crippen LogP contribution in [0.2, 0.25) is 0 Å². The topological polar surface area (TPSA) is 60.2 Å². The molecular weight excluding hydrogens is 266 g/mol. The van der Waals surface area contributed by atoms with E-state index in [1.165, 1.54) is 0 Å². The number of benzene rings is 2. The quantitative estimate of drug-likeness (QED) is 0.771. The van der Waals surface area contributed by atoms with Crippen molar-refractivity contribution >= 4 is 5.69 Å². The number of rotatable bonds is 5. The Hall–Kier alpha value is -2.82. The number of hydrogen-bond donors (Lipinski definition) is 1. The first-order valence-electron chi connectivity index (χ1n) is 6.66. The maximum absolute atomic E-state index is 5.88. The van der Waals surface area contributed by atoms with Crippen molar-refractivity contribution in [1.82, 2.24) is 10.1 Å².